The van der Waals surface area contributed by atoms with E-state index in [1.807, 2.05) is 6.20 Å². The van der Waals surface area contributed by atoms with Gasteiger partial charge in [-0.1, -0.05) is 11.3 Å². The number of rotatable bonds is 6. The van der Waals surface area contributed by atoms with Crippen LogP contribution in [0.15, 0.2) is 36.7 Å². The van der Waals surface area contributed by atoms with Crippen LogP contribution in [0.25, 0.3) is 5.69 Å². The predicted molar refractivity (Wildman–Crippen MR) is 97.6 cm³/mol. The van der Waals surface area contributed by atoms with Crippen molar-refractivity contribution in [2.45, 2.75) is 25.2 Å². The standard InChI is InChI=1S/C19H19N5O4/c1-3-28-19(27)15-9-20-24(12-6-4-5-11(7-12)18(25)26)17(15)14-8-13(14)16-10-23(2)22-21-16/h4-7,9-10,13-14H,3,8H2,1-2H3,(H,25,26)/t13-,14-/m1/s1. The molecule has 2 heterocycles. The summed E-state index contributed by atoms with van der Waals surface area (Å²) < 4.78 is 8.45. The summed E-state index contributed by atoms with van der Waals surface area (Å²) in [5.41, 5.74) is 2.68. The summed E-state index contributed by atoms with van der Waals surface area (Å²) in [5, 5.41) is 21.8. The number of carboxylic acids is 1. The Balaban J connectivity index is 1.77. The zero-order valence-electron chi connectivity index (χ0n) is 15.4. The van der Waals surface area contributed by atoms with Gasteiger partial charge >= 0.3 is 11.9 Å². The SMILES string of the molecule is CCOC(=O)c1cnn(-c2cccc(C(=O)O)c2)c1[C@@H]1C[C@H]1c1cn(C)nn1. The molecule has 1 saturated carbocycles. The van der Waals surface area contributed by atoms with E-state index in [2.05, 4.69) is 15.4 Å². The second kappa shape index (κ2) is 6.91. The summed E-state index contributed by atoms with van der Waals surface area (Å²) in [6.45, 7) is 2.01. The maximum atomic E-state index is 12.5. The van der Waals surface area contributed by atoms with Gasteiger partial charge in [0.2, 0.25) is 0 Å². The smallest absolute Gasteiger partial charge is 0.341 e. The van der Waals surface area contributed by atoms with Crippen molar-refractivity contribution in [2.24, 2.45) is 7.05 Å². The number of carboxylic acid groups (broad SMARTS) is 1. The van der Waals surface area contributed by atoms with Crippen molar-refractivity contribution in [1.82, 2.24) is 24.8 Å². The van der Waals surface area contributed by atoms with Crippen molar-refractivity contribution < 1.29 is 19.4 Å². The van der Waals surface area contributed by atoms with Crippen LogP contribution in [0.2, 0.25) is 0 Å². The molecule has 0 unspecified atom stereocenters. The Labute approximate surface area is 160 Å². The highest BCUT2D eigenvalue weighted by Crippen LogP contribution is 2.55. The maximum Gasteiger partial charge on any atom is 0.341 e. The lowest BCUT2D eigenvalue weighted by Crippen LogP contribution is -2.10. The number of carbonyl (C=O) groups excluding carboxylic acids is 1. The highest BCUT2D eigenvalue weighted by atomic mass is 16.5. The number of esters is 1. The first kappa shape index (κ1) is 17.9. The molecule has 1 aliphatic carbocycles. The zero-order valence-corrected chi connectivity index (χ0v) is 15.4. The normalized spacial score (nSPS) is 18.1. The van der Waals surface area contributed by atoms with Crippen molar-refractivity contribution in [3.63, 3.8) is 0 Å². The van der Waals surface area contributed by atoms with Crippen LogP contribution in [0.1, 0.15) is 57.3 Å². The molecule has 1 aromatic carbocycles. The number of hydrogen-bond acceptors (Lipinski definition) is 6. The number of aromatic nitrogens is 5. The van der Waals surface area contributed by atoms with Gasteiger partial charge in [-0.3, -0.25) is 4.68 Å². The molecular weight excluding hydrogens is 362 g/mol. The Kier molecular flexibility index (Phi) is 4.42. The first-order valence-corrected chi connectivity index (χ1v) is 8.94. The predicted octanol–water partition coefficient (Wildman–Crippen LogP) is 2.15. The van der Waals surface area contributed by atoms with E-state index in [1.54, 1.807) is 35.5 Å². The molecule has 0 bridgehead atoms. The second-order valence-corrected chi connectivity index (χ2v) is 6.70. The van der Waals surface area contributed by atoms with Crippen LogP contribution in [-0.4, -0.2) is 48.4 Å². The van der Waals surface area contributed by atoms with Crippen LogP contribution in [-0.2, 0) is 11.8 Å². The van der Waals surface area contributed by atoms with Gasteiger partial charge in [-0.25, -0.2) is 14.3 Å². The van der Waals surface area contributed by atoms with E-state index in [0.29, 0.717) is 16.9 Å². The minimum atomic E-state index is -1.02. The lowest BCUT2D eigenvalue weighted by Gasteiger charge is -2.10. The van der Waals surface area contributed by atoms with Gasteiger partial charge in [0, 0.05) is 25.1 Å². The summed E-state index contributed by atoms with van der Waals surface area (Å²) >= 11 is 0. The van der Waals surface area contributed by atoms with Crippen LogP contribution in [0.3, 0.4) is 0 Å². The number of nitrogens with zero attached hydrogens (tertiary/aromatic N) is 5. The number of carbonyl (C=O) groups is 2. The van der Waals surface area contributed by atoms with E-state index in [-0.39, 0.29) is 24.0 Å². The van der Waals surface area contributed by atoms with Crippen LogP contribution in [0, 0.1) is 0 Å². The van der Waals surface area contributed by atoms with Crippen molar-refractivity contribution in [2.75, 3.05) is 6.61 Å². The molecule has 0 saturated heterocycles. The fourth-order valence-corrected chi connectivity index (χ4v) is 3.42. The Bertz CT molecular complexity index is 1050. The molecule has 1 N–H and O–H groups in total. The van der Waals surface area contributed by atoms with Crippen LogP contribution >= 0.6 is 0 Å². The third-order valence-corrected chi connectivity index (χ3v) is 4.78. The topological polar surface area (TPSA) is 112 Å². The number of benzene rings is 1. The van der Waals surface area contributed by atoms with E-state index in [1.165, 1.54) is 18.3 Å². The molecule has 9 heteroatoms. The van der Waals surface area contributed by atoms with E-state index < -0.39 is 11.9 Å². The minimum Gasteiger partial charge on any atom is -0.478 e. The molecule has 144 valence electrons. The average Bonchev–Trinajstić information content (AvgIpc) is 3.13. The number of hydrogen-bond donors (Lipinski definition) is 1. The van der Waals surface area contributed by atoms with Gasteiger partial charge in [0.25, 0.3) is 0 Å². The molecule has 2 atom stereocenters. The summed E-state index contributed by atoms with van der Waals surface area (Å²) in [4.78, 5) is 23.8. The maximum absolute atomic E-state index is 12.5. The molecule has 1 fully saturated rings. The van der Waals surface area contributed by atoms with Crippen LogP contribution < -0.4 is 0 Å². The second-order valence-electron chi connectivity index (χ2n) is 6.70. The highest BCUT2D eigenvalue weighted by Gasteiger charge is 2.46. The molecule has 4 rings (SSSR count). The van der Waals surface area contributed by atoms with Gasteiger partial charge in [0.1, 0.15) is 5.56 Å². The van der Waals surface area contributed by atoms with Gasteiger partial charge in [0.05, 0.1) is 35.4 Å². The molecule has 1 aliphatic rings. The Morgan fingerprint density at radius 2 is 2.14 bits per heavy atom. The summed E-state index contributed by atoms with van der Waals surface area (Å²) in [5.74, 6) is -1.32. The third kappa shape index (κ3) is 3.15. The molecule has 28 heavy (non-hydrogen) atoms. The Hall–Kier alpha value is -3.49. The summed E-state index contributed by atoms with van der Waals surface area (Å²) in [6.07, 6.45) is 4.14. The van der Waals surface area contributed by atoms with Crippen molar-refractivity contribution in [1.29, 1.82) is 0 Å². The third-order valence-electron chi connectivity index (χ3n) is 4.78. The van der Waals surface area contributed by atoms with Crippen molar-refractivity contribution in [3.05, 3.63) is 59.2 Å². The fraction of sp³-hybridized carbons (Fsp3) is 0.316. The molecule has 0 spiro atoms. The average molecular weight is 381 g/mol. The van der Waals surface area contributed by atoms with Crippen molar-refractivity contribution >= 4 is 11.9 Å². The van der Waals surface area contributed by atoms with Gasteiger partial charge < -0.3 is 9.84 Å². The van der Waals surface area contributed by atoms with Gasteiger partial charge in [0.15, 0.2) is 0 Å². The summed E-state index contributed by atoms with van der Waals surface area (Å²) in [6, 6.07) is 6.47. The minimum absolute atomic E-state index is 0.0205. The van der Waals surface area contributed by atoms with Crippen molar-refractivity contribution in [3.8, 4) is 5.69 Å². The largest absolute Gasteiger partial charge is 0.478 e. The first-order valence-electron chi connectivity index (χ1n) is 8.94. The molecular formula is C19H19N5O4. The van der Waals surface area contributed by atoms with E-state index in [4.69, 9.17) is 4.74 Å². The Morgan fingerprint density at radius 3 is 2.82 bits per heavy atom. The zero-order chi connectivity index (χ0) is 19.8. The lowest BCUT2D eigenvalue weighted by atomic mass is 10.1. The molecule has 3 aromatic rings. The number of aromatic carboxylic acids is 1. The van der Waals surface area contributed by atoms with Gasteiger partial charge in [-0.15, -0.1) is 5.10 Å². The molecule has 0 radical (unpaired) electrons. The lowest BCUT2D eigenvalue weighted by molar-refractivity contribution is 0.0524. The van der Waals surface area contributed by atoms with E-state index >= 15 is 0 Å². The molecule has 9 nitrogen and oxygen atoms in total. The van der Waals surface area contributed by atoms with Crippen LogP contribution in [0.5, 0.6) is 0 Å². The highest BCUT2D eigenvalue weighted by molar-refractivity contribution is 5.91. The number of ether oxygens (including phenoxy) is 1. The van der Waals surface area contributed by atoms with Gasteiger partial charge in [-0.2, -0.15) is 5.10 Å². The van der Waals surface area contributed by atoms with Crippen LogP contribution in [0.4, 0.5) is 0 Å². The monoisotopic (exact) mass is 381 g/mol. The molecule has 2 aromatic heterocycles. The Morgan fingerprint density at radius 1 is 1.32 bits per heavy atom. The first-order chi connectivity index (χ1) is 13.5. The van der Waals surface area contributed by atoms with E-state index in [0.717, 1.165) is 12.1 Å². The molecule has 0 amide bonds. The van der Waals surface area contributed by atoms with Gasteiger partial charge in [-0.05, 0) is 31.5 Å². The van der Waals surface area contributed by atoms with E-state index in [9.17, 15) is 14.7 Å². The molecule has 0 aliphatic heterocycles. The fourth-order valence-electron chi connectivity index (χ4n) is 3.42. The quantitative estimate of drug-likeness (QED) is 0.651. The number of aryl methyl sites for hydroxylation is 1. The summed E-state index contributed by atoms with van der Waals surface area (Å²) in [7, 11) is 1.81.